The lowest BCUT2D eigenvalue weighted by Crippen LogP contribution is -2.51. The van der Waals surface area contributed by atoms with Crippen LogP contribution >= 0.6 is 11.8 Å². The fourth-order valence-electron chi connectivity index (χ4n) is 1.49. The van der Waals surface area contributed by atoms with Gasteiger partial charge in [-0.3, -0.25) is 4.79 Å². The highest BCUT2D eigenvalue weighted by Crippen LogP contribution is 2.20. The molecule has 1 unspecified atom stereocenters. The second kappa shape index (κ2) is 5.88. The van der Waals surface area contributed by atoms with Gasteiger partial charge in [0.25, 0.3) is 0 Å². The van der Waals surface area contributed by atoms with Crippen LogP contribution in [0.2, 0.25) is 0 Å². The van der Waals surface area contributed by atoms with Gasteiger partial charge in [0, 0.05) is 30.9 Å². The van der Waals surface area contributed by atoms with Gasteiger partial charge in [-0.25, -0.2) is 8.42 Å². The van der Waals surface area contributed by atoms with Crippen molar-refractivity contribution in [2.45, 2.75) is 12.3 Å². The molecule has 0 N–H and O–H groups in total. The third kappa shape index (κ3) is 3.64. The maximum absolute atomic E-state index is 11.7. The number of carbonyl (C=O) groups excluding carboxylic acids is 1. The van der Waals surface area contributed by atoms with E-state index in [1.807, 2.05) is 0 Å². The summed E-state index contributed by atoms with van der Waals surface area (Å²) in [6.45, 7) is 2.70. The molecule has 0 aromatic rings. The Labute approximate surface area is 100 Å². The quantitative estimate of drug-likeness (QED) is 0.715. The first-order chi connectivity index (χ1) is 7.46. The van der Waals surface area contributed by atoms with E-state index in [4.69, 9.17) is 4.74 Å². The van der Waals surface area contributed by atoms with Gasteiger partial charge in [-0.15, -0.1) is 0 Å². The highest BCUT2D eigenvalue weighted by molar-refractivity contribution is 8.00. The number of hydrogen-bond donors (Lipinski definition) is 0. The number of sulfone groups is 1. The van der Waals surface area contributed by atoms with Crippen molar-refractivity contribution >= 4 is 27.5 Å². The molecule has 0 aliphatic carbocycles. The van der Waals surface area contributed by atoms with Gasteiger partial charge >= 0.3 is 0 Å². The van der Waals surface area contributed by atoms with E-state index in [0.717, 1.165) is 5.75 Å². The van der Waals surface area contributed by atoms with Crippen molar-refractivity contribution in [3.63, 3.8) is 0 Å². The normalized spacial score (nSPS) is 22.1. The van der Waals surface area contributed by atoms with Crippen molar-refractivity contribution in [1.82, 2.24) is 4.90 Å². The first kappa shape index (κ1) is 13.8. The van der Waals surface area contributed by atoms with Crippen LogP contribution in [0.1, 0.15) is 6.92 Å². The topological polar surface area (TPSA) is 63.7 Å². The largest absolute Gasteiger partial charge is 0.372 e. The standard InChI is InChI=1S/C9H17NO4S2/c1-3-14-6-8(11)10-4-5-15-7-9(10)16(2,12)13/h9H,3-7H2,1-2H3. The summed E-state index contributed by atoms with van der Waals surface area (Å²) in [7, 11) is -3.22. The molecule has 1 atom stereocenters. The van der Waals surface area contributed by atoms with Crippen LogP contribution in [-0.2, 0) is 19.4 Å². The molecule has 0 aromatic heterocycles. The van der Waals surface area contributed by atoms with Crippen LogP contribution in [0.3, 0.4) is 0 Å². The maximum atomic E-state index is 11.7. The summed E-state index contributed by atoms with van der Waals surface area (Å²) in [5.41, 5.74) is 0. The minimum atomic E-state index is -3.22. The molecule has 16 heavy (non-hydrogen) atoms. The predicted molar refractivity (Wildman–Crippen MR) is 64.2 cm³/mol. The first-order valence-electron chi connectivity index (χ1n) is 5.10. The molecule has 0 aromatic carbocycles. The summed E-state index contributed by atoms with van der Waals surface area (Å²) in [6, 6.07) is 0. The zero-order chi connectivity index (χ0) is 12.2. The molecule has 5 nitrogen and oxygen atoms in total. The Morgan fingerprint density at radius 3 is 2.81 bits per heavy atom. The molecule has 0 bridgehead atoms. The molecule has 1 aliphatic heterocycles. The summed E-state index contributed by atoms with van der Waals surface area (Å²) in [5.74, 6) is 0.998. The number of thioether (sulfide) groups is 1. The van der Waals surface area contributed by atoms with Crippen LogP contribution < -0.4 is 0 Å². The summed E-state index contributed by atoms with van der Waals surface area (Å²) in [4.78, 5) is 13.2. The lowest BCUT2D eigenvalue weighted by Gasteiger charge is -2.33. The second-order valence-corrected chi connectivity index (χ2v) is 6.94. The summed E-state index contributed by atoms with van der Waals surface area (Å²) in [6.07, 6.45) is 1.17. The third-order valence-electron chi connectivity index (χ3n) is 2.33. The first-order valence-corrected chi connectivity index (χ1v) is 8.21. The van der Waals surface area contributed by atoms with Gasteiger partial charge in [-0.2, -0.15) is 11.8 Å². The molecule has 1 fully saturated rings. The van der Waals surface area contributed by atoms with Crippen LogP contribution in [-0.4, -0.2) is 62.1 Å². The number of carbonyl (C=O) groups is 1. The molecule has 0 spiro atoms. The predicted octanol–water partition coefficient (Wildman–Crippen LogP) is -0.0310. The van der Waals surface area contributed by atoms with Gasteiger partial charge in [0.2, 0.25) is 5.91 Å². The fourth-order valence-corrected chi connectivity index (χ4v) is 4.33. The summed E-state index contributed by atoms with van der Waals surface area (Å²) >= 11 is 1.56. The van der Waals surface area contributed by atoms with E-state index in [2.05, 4.69) is 0 Å². The van der Waals surface area contributed by atoms with Gasteiger partial charge < -0.3 is 9.64 Å². The molecule has 1 aliphatic rings. The van der Waals surface area contributed by atoms with E-state index >= 15 is 0 Å². The monoisotopic (exact) mass is 267 g/mol. The van der Waals surface area contributed by atoms with Crippen LogP contribution in [0.4, 0.5) is 0 Å². The van der Waals surface area contributed by atoms with E-state index < -0.39 is 15.2 Å². The van der Waals surface area contributed by atoms with Gasteiger partial charge in [-0.1, -0.05) is 0 Å². The van der Waals surface area contributed by atoms with E-state index in [1.54, 1.807) is 18.7 Å². The van der Waals surface area contributed by atoms with Crippen LogP contribution in [0.25, 0.3) is 0 Å². The number of hydrogen-bond acceptors (Lipinski definition) is 5. The zero-order valence-corrected chi connectivity index (χ0v) is 11.1. The molecule has 0 radical (unpaired) electrons. The zero-order valence-electron chi connectivity index (χ0n) is 9.51. The number of nitrogens with zero attached hydrogens (tertiary/aromatic N) is 1. The third-order valence-corrected chi connectivity index (χ3v) is 4.97. The molecule has 1 saturated heterocycles. The van der Waals surface area contributed by atoms with Crippen LogP contribution in [0, 0.1) is 0 Å². The Kier molecular flexibility index (Phi) is 5.07. The van der Waals surface area contributed by atoms with Gasteiger partial charge in [0.05, 0.1) is 0 Å². The van der Waals surface area contributed by atoms with Crippen molar-refractivity contribution < 1.29 is 17.9 Å². The highest BCUT2D eigenvalue weighted by atomic mass is 32.2. The van der Waals surface area contributed by atoms with Gasteiger partial charge in [0.15, 0.2) is 9.84 Å². The molecule has 0 saturated carbocycles. The lowest BCUT2D eigenvalue weighted by molar-refractivity contribution is -0.136. The highest BCUT2D eigenvalue weighted by Gasteiger charge is 2.33. The van der Waals surface area contributed by atoms with Crippen molar-refractivity contribution in [2.75, 3.05) is 37.5 Å². The Hall–Kier alpha value is -0.270. The number of rotatable bonds is 4. The SMILES string of the molecule is CCOCC(=O)N1CCSCC1S(C)(=O)=O. The van der Waals surface area contributed by atoms with Crippen molar-refractivity contribution in [3.8, 4) is 0 Å². The minimum Gasteiger partial charge on any atom is -0.372 e. The van der Waals surface area contributed by atoms with E-state index in [0.29, 0.717) is 18.9 Å². The Morgan fingerprint density at radius 1 is 1.56 bits per heavy atom. The number of ether oxygens (including phenoxy) is 1. The molecule has 1 heterocycles. The molecule has 7 heteroatoms. The molecule has 94 valence electrons. The average Bonchev–Trinajstić information content (AvgIpc) is 2.24. The summed E-state index contributed by atoms with van der Waals surface area (Å²) in [5, 5.41) is -0.695. The second-order valence-electron chi connectivity index (χ2n) is 3.58. The summed E-state index contributed by atoms with van der Waals surface area (Å²) < 4.78 is 28.1. The van der Waals surface area contributed by atoms with Gasteiger partial charge in [0.1, 0.15) is 12.0 Å². The fraction of sp³-hybridized carbons (Fsp3) is 0.889. The average molecular weight is 267 g/mol. The van der Waals surface area contributed by atoms with Crippen LogP contribution in [0.5, 0.6) is 0 Å². The maximum Gasteiger partial charge on any atom is 0.249 e. The van der Waals surface area contributed by atoms with Crippen molar-refractivity contribution in [1.29, 1.82) is 0 Å². The lowest BCUT2D eigenvalue weighted by atomic mass is 10.4. The Bertz CT molecular complexity index is 341. The van der Waals surface area contributed by atoms with E-state index in [9.17, 15) is 13.2 Å². The molecule has 1 amide bonds. The number of amides is 1. The smallest absolute Gasteiger partial charge is 0.249 e. The van der Waals surface area contributed by atoms with Crippen molar-refractivity contribution in [2.24, 2.45) is 0 Å². The Morgan fingerprint density at radius 2 is 2.25 bits per heavy atom. The Balaban J connectivity index is 2.71. The molecular formula is C9H17NO4S2. The van der Waals surface area contributed by atoms with Gasteiger partial charge in [-0.05, 0) is 6.92 Å². The van der Waals surface area contributed by atoms with E-state index in [-0.39, 0.29) is 12.5 Å². The van der Waals surface area contributed by atoms with E-state index in [1.165, 1.54) is 11.2 Å². The minimum absolute atomic E-state index is 0.0345. The molecular weight excluding hydrogens is 250 g/mol. The van der Waals surface area contributed by atoms with Crippen molar-refractivity contribution in [3.05, 3.63) is 0 Å². The molecule has 1 rings (SSSR count). The van der Waals surface area contributed by atoms with Crippen LogP contribution in [0.15, 0.2) is 0 Å².